The van der Waals surface area contributed by atoms with Gasteiger partial charge in [0.1, 0.15) is 0 Å². The van der Waals surface area contributed by atoms with E-state index >= 15 is 0 Å². The van der Waals surface area contributed by atoms with Crippen LogP contribution < -0.4 is 10.6 Å². The van der Waals surface area contributed by atoms with Crippen molar-refractivity contribution < 1.29 is 9.72 Å². The summed E-state index contributed by atoms with van der Waals surface area (Å²) in [6.45, 7) is 0. The molecule has 1 heterocycles. The zero-order valence-corrected chi connectivity index (χ0v) is 15.5. The first-order chi connectivity index (χ1) is 12.4. The van der Waals surface area contributed by atoms with E-state index in [2.05, 4.69) is 15.6 Å². The van der Waals surface area contributed by atoms with E-state index in [1.54, 1.807) is 30.3 Å². The molecule has 1 aromatic heterocycles. The molecule has 0 saturated heterocycles. The summed E-state index contributed by atoms with van der Waals surface area (Å²) < 4.78 is 0.650. The van der Waals surface area contributed by atoms with E-state index < -0.39 is 4.92 Å². The third-order valence-electron chi connectivity index (χ3n) is 3.33. The van der Waals surface area contributed by atoms with Gasteiger partial charge in [-0.1, -0.05) is 35.1 Å². The first kappa shape index (κ1) is 18.2. The van der Waals surface area contributed by atoms with Crippen molar-refractivity contribution >= 4 is 67.2 Å². The normalized spacial score (nSPS) is 10.5. The third kappa shape index (κ3) is 4.51. The van der Waals surface area contributed by atoms with Crippen LogP contribution in [0.1, 0.15) is 5.56 Å². The number of amides is 1. The van der Waals surface area contributed by atoms with Crippen molar-refractivity contribution in [3.05, 3.63) is 63.2 Å². The summed E-state index contributed by atoms with van der Waals surface area (Å²) >= 11 is 12.1. The summed E-state index contributed by atoms with van der Waals surface area (Å²) in [4.78, 5) is 26.7. The van der Waals surface area contributed by atoms with Gasteiger partial charge in [0.25, 0.3) is 5.69 Å². The number of thiazole rings is 1. The number of nitro groups is 1. The van der Waals surface area contributed by atoms with Gasteiger partial charge in [-0.15, -0.1) is 0 Å². The summed E-state index contributed by atoms with van der Waals surface area (Å²) in [6.07, 6.45) is 0.158. The predicted octanol–water partition coefficient (Wildman–Crippen LogP) is 3.91. The van der Waals surface area contributed by atoms with Crippen molar-refractivity contribution in [1.29, 1.82) is 0 Å². The van der Waals surface area contributed by atoms with Crippen molar-refractivity contribution in [2.75, 3.05) is 5.32 Å². The number of anilines is 1. The molecule has 0 atom stereocenters. The standard InChI is InChI=1S/C16H11ClN4O3S2/c17-10-3-1-9(2-4-10)7-14(22)19-15(25)20-16-18-12-6-5-11(21(23)24)8-13(12)26-16/h1-6,8H,7H2,(H2,18,19,20,22,25). The molecular formula is C16H11ClN4O3S2. The summed E-state index contributed by atoms with van der Waals surface area (Å²) in [5.41, 5.74) is 1.41. The van der Waals surface area contributed by atoms with Crippen LogP contribution in [0.5, 0.6) is 0 Å². The molecule has 2 N–H and O–H groups in total. The van der Waals surface area contributed by atoms with Gasteiger partial charge in [0.15, 0.2) is 10.2 Å². The number of nitrogens with one attached hydrogen (secondary N) is 2. The minimum atomic E-state index is -0.464. The Bertz CT molecular complexity index is 1000. The molecule has 0 aliphatic rings. The lowest BCUT2D eigenvalue weighted by molar-refractivity contribution is -0.384. The van der Waals surface area contributed by atoms with Crippen LogP contribution in [0.3, 0.4) is 0 Å². The molecule has 0 aliphatic carbocycles. The number of nitro benzene ring substituents is 1. The number of carbonyl (C=O) groups is 1. The smallest absolute Gasteiger partial charge is 0.270 e. The number of fused-ring (bicyclic) bond motifs is 1. The molecule has 3 rings (SSSR count). The Morgan fingerprint density at radius 3 is 2.69 bits per heavy atom. The maximum Gasteiger partial charge on any atom is 0.270 e. The number of benzene rings is 2. The van der Waals surface area contributed by atoms with Gasteiger partial charge in [-0.2, -0.15) is 0 Å². The lowest BCUT2D eigenvalue weighted by Gasteiger charge is -2.07. The molecule has 0 bridgehead atoms. The fourth-order valence-corrected chi connectivity index (χ4v) is 3.47. The molecule has 0 saturated carbocycles. The van der Waals surface area contributed by atoms with Crippen LogP contribution in [0, 0.1) is 10.1 Å². The van der Waals surface area contributed by atoms with Gasteiger partial charge in [0.2, 0.25) is 5.91 Å². The monoisotopic (exact) mass is 406 g/mol. The first-order valence-corrected chi connectivity index (χ1v) is 8.91. The van der Waals surface area contributed by atoms with E-state index in [-0.39, 0.29) is 23.1 Å². The minimum absolute atomic E-state index is 0.00783. The highest BCUT2D eigenvalue weighted by Crippen LogP contribution is 2.29. The number of nitrogens with zero attached hydrogens (tertiary/aromatic N) is 2. The average Bonchev–Trinajstić information content (AvgIpc) is 2.97. The number of thiocarbonyl (C=S) groups is 1. The molecule has 26 heavy (non-hydrogen) atoms. The van der Waals surface area contributed by atoms with Crippen LogP contribution in [0.15, 0.2) is 42.5 Å². The molecule has 0 aliphatic heterocycles. The predicted molar refractivity (Wildman–Crippen MR) is 106 cm³/mol. The minimum Gasteiger partial charge on any atom is -0.308 e. The van der Waals surface area contributed by atoms with Crippen LogP contribution in [0.2, 0.25) is 5.02 Å². The Kier molecular flexibility index (Phi) is 5.40. The molecule has 3 aromatic rings. The highest BCUT2D eigenvalue weighted by Gasteiger charge is 2.12. The fourth-order valence-electron chi connectivity index (χ4n) is 2.17. The molecule has 0 spiro atoms. The topological polar surface area (TPSA) is 97.2 Å². The molecular weight excluding hydrogens is 396 g/mol. The highest BCUT2D eigenvalue weighted by molar-refractivity contribution is 7.80. The van der Waals surface area contributed by atoms with Gasteiger partial charge in [-0.3, -0.25) is 14.9 Å². The van der Waals surface area contributed by atoms with E-state index in [0.29, 0.717) is 20.4 Å². The number of rotatable bonds is 4. The fraction of sp³-hybridized carbons (Fsp3) is 0.0625. The van der Waals surface area contributed by atoms with Gasteiger partial charge < -0.3 is 10.6 Å². The summed E-state index contributed by atoms with van der Waals surface area (Å²) in [5.74, 6) is -0.276. The maximum absolute atomic E-state index is 12.0. The van der Waals surface area contributed by atoms with Gasteiger partial charge in [0.05, 0.1) is 21.6 Å². The van der Waals surface area contributed by atoms with Crippen molar-refractivity contribution in [2.24, 2.45) is 0 Å². The van der Waals surface area contributed by atoms with Gasteiger partial charge in [-0.25, -0.2) is 4.98 Å². The number of carbonyl (C=O) groups excluding carboxylic acids is 1. The molecule has 2 aromatic carbocycles. The highest BCUT2D eigenvalue weighted by atomic mass is 35.5. The Hall–Kier alpha value is -2.62. The van der Waals surface area contributed by atoms with Crippen LogP contribution in [-0.4, -0.2) is 20.9 Å². The summed E-state index contributed by atoms with van der Waals surface area (Å²) in [6, 6.07) is 11.3. The van der Waals surface area contributed by atoms with E-state index in [0.717, 1.165) is 5.56 Å². The first-order valence-electron chi connectivity index (χ1n) is 7.31. The second-order valence-electron chi connectivity index (χ2n) is 5.23. The molecule has 1 amide bonds. The maximum atomic E-state index is 12.0. The third-order valence-corrected chi connectivity index (χ3v) is 4.72. The SMILES string of the molecule is O=C(Cc1ccc(Cl)cc1)NC(=S)Nc1nc2ccc([N+](=O)[O-])cc2s1. The molecule has 10 heteroatoms. The van der Waals surface area contributed by atoms with Crippen LogP contribution in [0.25, 0.3) is 10.2 Å². The van der Waals surface area contributed by atoms with Crippen molar-refractivity contribution in [3.8, 4) is 0 Å². The Labute approximate surface area is 162 Å². The molecule has 0 fully saturated rings. The largest absolute Gasteiger partial charge is 0.308 e. The van der Waals surface area contributed by atoms with Gasteiger partial charge in [-0.05, 0) is 36.0 Å². The van der Waals surface area contributed by atoms with E-state index in [9.17, 15) is 14.9 Å². The van der Waals surface area contributed by atoms with Crippen molar-refractivity contribution in [1.82, 2.24) is 10.3 Å². The van der Waals surface area contributed by atoms with Crippen molar-refractivity contribution in [3.63, 3.8) is 0 Å². The molecule has 0 radical (unpaired) electrons. The number of hydrogen-bond acceptors (Lipinski definition) is 6. The van der Waals surface area contributed by atoms with Crippen LogP contribution in [0.4, 0.5) is 10.8 Å². The number of halogens is 1. The van der Waals surface area contributed by atoms with Gasteiger partial charge >= 0.3 is 0 Å². The molecule has 7 nitrogen and oxygen atoms in total. The quantitative estimate of drug-likeness (QED) is 0.387. The van der Waals surface area contributed by atoms with Gasteiger partial charge in [0, 0.05) is 17.2 Å². The van der Waals surface area contributed by atoms with E-state index in [1.165, 1.54) is 23.5 Å². The van der Waals surface area contributed by atoms with Crippen LogP contribution >= 0.6 is 35.2 Å². The Morgan fingerprint density at radius 1 is 1.27 bits per heavy atom. The Morgan fingerprint density at radius 2 is 2.00 bits per heavy atom. The second kappa shape index (κ2) is 7.73. The zero-order chi connectivity index (χ0) is 18.7. The van der Waals surface area contributed by atoms with E-state index in [1.807, 2.05) is 0 Å². The lowest BCUT2D eigenvalue weighted by atomic mass is 10.1. The molecule has 0 unspecified atom stereocenters. The zero-order valence-electron chi connectivity index (χ0n) is 13.1. The summed E-state index contributed by atoms with van der Waals surface area (Å²) in [7, 11) is 0. The number of non-ortho nitro benzene ring substituents is 1. The molecule has 132 valence electrons. The lowest BCUT2D eigenvalue weighted by Crippen LogP contribution is -2.35. The van der Waals surface area contributed by atoms with E-state index in [4.69, 9.17) is 23.8 Å². The average molecular weight is 407 g/mol. The number of aromatic nitrogens is 1. The number of hydrogen-bond donors (Lipinski definition) is 2. The summed E-state index contributed by atoms with van der Waals surface area (Å²) in [5, 5.41) is 17.4. The Balaban J connectivity index is 1.62. The second-order valence-corrected chi connectivity index (χ2v) is 7.11. The van der Waals surface area contributed by atoms with Crippen LogP contribution in [-0.2, 0) is 11.2 Å². The van der Waals surface area contributed by atoms with Crippen molar-refractivity contribution in [2.45, 2.75) is 6.42 Å².